The van der Waals surface area contributed by atoms with Gasteiger partial charge in [0.1, 0.15) is 5.82 Å². The van der Waals surface area contributed by atoms with E-state index in [-0.39, 0.29) is 29.9 Å². The number of amides is 1. The second-order valence-electron chi connectivity index (χ2n) is 8.49. The first-order chi connectivity index (χ1) is 17.2. The molecule has 8 nitrogen and oxygen atoms in total. The predicted molar refractivity (Wildman–Crippen MR) is 143 cm³/mol. The lowest BCUT2D eigenvalue weighted by Gasteiger charge is -2.26. The Hall–Kier alpha value is -3.53. The second kappa shape index (κ2) is 12.4. The lowest BCUT2D eigenvalue weighted by atomic mass is 10.1. The van der Waals surface area contributed by atoms with Crippen molar-refractivity contribution >= 4 is 40.5 Å². The van der Waals surface area contributed by atoms with E-state index in [9.17, 15) is 14.3 Å². The molecule has 0 radical (unpaired) electrons. The Labute approximate surface area is 215 Å². The first-order valence-corrected chi connectivity index (χ1v) is 11.7. The van der Waals surface area contributed by atoms with Gasteiger partial charge in [-0.05, 0) is 50.0 Å². The van der Waals surface area contributed by atoms with Crippen LogP contribution in [0.2, 0.25) is 5.02 Å². The molecule has 0 saturated carbocycles. The molecule has 0 aliphatic heterocycles. The van der Waals surface area contributed by atoms with Gasteiger partial charge in [0.05, 0.1) is 28.7 Å². The molecule has 0 atom stereocenters. The highest BCUT2D eigenvalue weighted by Gasteiger charge is 2.16. The normalized spacial score (nSPS) is 10.9. The fraction of sp³-hybridized carbons (Fsp3) is 0.269. The highest BCUT2D eigenvalue weighted by molar-refractivity contribution is 6.30. The zero-order valence-electron chi connectivity index (χ0n) is 20.6. The zero-order valence-corrected chi connectivity index (χ0v) is 21.3. The van der Waals surface area contributed by atoms with Crippen molar-refractivity contribution in [3.8, 4) is 0 Å². The van der Waals surface area contributed by atoms with Crippen LogP contribution >= 0.6 is 11.6 Å². The fourth-order valence-corrected chi connectivity index (χ4v) is 3.70. The highest BCUT2D eigenvalue weighted by atomic mass is 35.5. The number of benzene rings is 2. The van der Waals surface area contributed by atoms with Gasteiger partial charge in [0, 0.05) is 44.0 Å². The summed E-state index contributed by atoms with van der Waals surface area (Å²) >= 11 is 5.90. The number of hydrogen-bond acceptors (Lipinski definition) is 7. The van der Waals surface area contributed by atoms with Crippen LogP contribution in [0.15, 0.2) is 55.3 Å². The molecule has 2 aromatic carbocycles. The van der Waals surface area contributed by atoms with E-state index in [1.807, 2.05) is 32.1 Å². The topological polar surface area (TPSA) is 93.6 Å². The van der Waals surface area contributed by atoms with Gasteiger partial charge in [-0.15, -0.1) is 0 Å². The monoisotopic (exact) mass is 512 g/mol. The number of halogens is 2. The predicted octanol–water partition coefficient (Wildman–Crippen LogP) is 4.22. The quantitative estimate of drug-likeness (QED) is 0.331. The summed E-state index contributed by atoms with van der Waals surface area (Å²) in [5.41, 5.74) is 3.40. The van der Waals surface area contributed by atoms with Crippen LogP contribution < -0.4 is 15.5 Å². The number of hydrogen-bond donors (Lipinski definition) is 3. The molecule has 1 amide bonds. The molecule has 3 rings (SSSR count). The average molecular weight is 513 g/mol. The number of anilines is 4. The number of rotatable bonds is 11. The molecule has 10 heteroatoms. The summed E-state index contributed by atoms with van der Waals surface area (Å²) in [6.45, 7) is 4.78. The van der Waals surface area contributed by atoms with Gasteiger partial charge in [-0.25, -0.2) is 14.4 Å². The maximum Gasteiger partial charge on any atom is 0.247 e. The first kappa shape index (κ1) is 27.1. The Morgan fingerprint density at radius 1 is 1.17 bits per heavy atom. The minimum atomic E-state index is -0.480. The van der Waals surface area contributed by atoms with Crippen molar-refractivity contribution in [1.82, 2.24) is 14.9 Å². The number of carbonyl (C=O) groups excluding carboxylic acids is 1. The summed E-state index contributed by atoms with van der Waals surface area (Å²) in [4.78, 5) is 24.9. The minimum absolute atomic E-state index is 0.0530. The minimum Gasteiger partial charge on any atom is -0.392 e. The summed E-state index contributed by atoms with van der Waals surface area (Å²) in [5.74, 6) is -0.576. The van der Waals surface area contributed by atoms with Crippen molar-refractivity contribution < 1.29 is 14.3 Å². The Morgan fingerprint density at radius 2 is 1.94 bits per heavy atom. The van der Waals surface area contributed by atoms with E-state index in [1.165, 1.54) is 12.1 Å². The molecule has 3 N–H and O–H groups in total. The van der Waals surface area contributed by atoms with Crippen molar-refractivity contribution in [2.45, 2.75) is 13.0 Å². The standard InChI is InChI=1S/C26H30ClFN6O2/c1-5-24(36)31-22-15-21(18(16-35)14-23(22)34(4)12-11-33(2)3)32-26-29-10-9-19(30-26)13-17-7-6-8-20(27)25(17)28/h5-10,14-15,35H,1,11-13,16H2,2-4H3,(H,31,36)(H,29,30,32). The molecule has 0 bridgehead atoms. The van der Waals surface area contributed by atoms with Gasteiger partial charge in [-0.3, -0.25) is 4.79 Å². The lowest BCUT2D eigenvalue weighted by molar-refractivity contribution is -0.111. The molecule has 0 spiro atoms. The van der Waals surface area contributed by atoms with Crippen LogP contribution in [-0.2, 0) is 17.8 Å². The summed E-state index contributed by atoms with van der Waals surface area (Å²) in [5, 5.41) is 16.1. The van der Waals surface area contributed by atoms with Crippen LogP contribution in [0.25, 0.3) is 0 Å². The first-order valence-electron chi connectivity index (χ1n) is 11.3. The van der Waals surface area contributed by atoms with Gasteiger partial charge in [-0.1, -0.05) is 30.3 Å². The molecule has 190 valence electrons. The van der Waals surface area contributed by atoms with Crippen LogP contribution in [0.4, 0.5) is 27.4 Å². The van der Waals surface area contributed by atoms with E-state index in [1.54, 1.807) is 30.5 Å². The summed E-state index contributed by atoms with van der Waals surface area (Å²) in [7, 11) is 5.88. The van der Waals surface area contributed by atoms with E-state index in [2.05, 4.69) is 32.1 Å². The molecule has 0 aliphatic carbocycles. The number of nitrogens with zero attached hydrogens (tertiary/aromatic N) is 4. The molecular weight excluding hydrogens is 483 g/mol. The molecule has 0 aliphatic rings. The Kier molecular flexibility index (Phi) is 9.35. The van der Waals surface area contributed by atoms with Crippen molar-refractivity contribution in [2.75, 3.05) is 49.8 Å². The van der Waals surface area contributed by atoms with E-state index >= 15 is 0 Å². The van der Waals surface area contributed by atoms with Crippen LogP contribution in [-0.4, -0.2) is 60.1 Å². The Balaban J connectivity index is 1.93. The lowest BCUT2D eigenvalue weighted by Crippen LogP contribution is -2.29. The molecular formula is C26H30ClFN6O2. The van der Waals surface area contributed by atoms with E-state index in [0.29, 0.717) is 34.7 Å². The number of aromatic nitrogens is 2. The SMILES string of the molecule is C=CC(=O)Nc1cc(Nc2nccc(Cc3cccc(Cl)c3F)n2)c(CO)cc1N(C)CCN(C)C. The van der Waals surface area contributed by atoms with Gasteiger partial charge in [0.25, 0.3) is 0 Å². The third-order valence-corrected chi connectivity index (χ3v) is 5.78. The molecule has 36 heavy (non-hydrogen) atoms. The largest absolute Gasteiger partial charge is 0.392 e. The van der Waals surface area contributed by atoms with Gasteiger partial charge < -0.3 is 25.5 Å². The third kappa shape index (κ3) is 7.00. The number of likely N-dealkylation sites (N-methyl/N-ethyl adjacent to an activating group) is 2. The molecule has 3 aromatic rings. The zero-order chi connectivity index (χ0) is 26.2. The van der Waals surface area contributed by atoms with Crippen molar-refractivity contribution in [2.24, 2.45) is 0 Å². The maximum atomic E-state index is 14.3. The van der Waals surface area contributed by atoms with E-state index in [4.69, 9.17) is 11.6 Å². The Morgan fingerprint density at radius 3 is 2.64 bits per heavy atom. The van der Waals surface area contributed by atoms with Crippen molar-refractivity contribution in [3.05, 3.63) is 82.9 Å². The molecule has 1 aromatic heterocycles. The molecule has 0 unspecified atom stereocenters. The fourth-order valence-electron chi connectivity index (χ4n) is 3.50. The summed E-state index contributed by atoms with van der Waals surface area (Å²) in [6.07, 6.45) is 2.99. The highest BCUT2D eigenvalue weighted by Crippen LogP contribution is 2.33. The van der Waals surface area contributed by atoms with Crippen LogP contribution in [0.3, 0.4) is 0 Å². The van der Waals surface area contributed by atoms with Crippen LogP contribution in [0, 0.1) is 5.82 Å². The number of carbonyl (C=O) groups is 1. The van der Waals surface area contributed by atoms with Crippen molar-refractivity contribution in [3.63, 3.8) is 0 Å². The van der Waals surface area contributed by atoms with Gasteiger partial charge in [0.2, 0.25) is 11.9 Å². The summed E-state index contributed by atoms with van der Waals surface area (Å²) in [6, 6.07) is 10.1. The maximum absolute atomic E-state index is 14.3. The van der Waals surface area contributed by atoms with Crippen LogP contribution in [0.1, 0.15) is 16.8 Å². The van der Waals surface area contributed by atoms with E-state index in [0.717, 1.165) is 12.2 Å². The Bertz CT molecular complexity index is 1240. The number of nitrogens with one attached hydrogen (secondary N) is 2. The molecule has 0 saturated heterocycles. The molecule has 0 fully saturated rings. The average Bonchev–Trinajstić information content (AvgIpc) is 2.85. The number of aliphatic hydroxyl groups excluding tert-OH is 1. The van der Waals surface area contributed by atoms with Gasteiger partial charge in [0.15, 0.2) is 0 Å². The van der Waals surface area contributed by atoms with Gasteiger partial charge >= 0.3 is 0 Å². The van der Waals surface area contributed by atoms with Gasteiger partial charge in [-0.2, -0.15) is 0 Å². The second-order valence-corrected chi connectivity index (χ2v) is 8.90. The third-order valence-electron chi connectivity index (χ3n) is 5.49. The smallest absolute Gasteiger partial charge is 0.247 e. The van der Waals surface area contributed by atoms with Crippen LogP contribution in [0.5, 0.6) is 0 Å². The number of aliphatic hydroxyl groups is 1. The summed E-state index contributed by atoms with van der Waals surface area (Å²) < 4.78 is 14.3. The van der Waals surface area contributed by atoms with Crippen molar-refractivity contribution in [1.29, 1.82) is 0 Å². The molecule has 1 heterocycles. The van der Waals surface area contributed by atoms with E-state index < -0.39 is 5.82 Å².